The predicted octanol–water partition coefficient (Wildman–Crippen LogP) is 4.07. The van der Waals surface area contributed by atoms with Gasteiger partial charge >= 0.3 is 6.03 Å². The molecule has 1 aliphatic carbocycles. The standard InChI is InChI=1S/C21H28IN3O3/c1-13-11-15(22)5-6-16(13)23-17(26)12-25-18(27)21(24-19(25)28)9-7-14(8-10-21)20(2,3)4/h5-6,11,14H,7-10,12H2,1-4H3,(H,23,26)(H,24,28). The summed E-state index contributed by atoms with van der Waals surface area (Å²) >= 11 is 2.21. The third kappa shape index (κ3) is 4.18. The first-order valence-electron chi connectivity index (χ1n) is 9.72. The van der Waals surface area contributed by atoms with Crippen LogP contribution in [0.1, 0.15) is 52.0 Å². The number of carbonyl (C=O) groups is 3. The summed E-state index contributed by atoms with van der Waals surface area (Å²) in [6.45, 7) is 8.30. The highest BCUT2D eigenvalue weighted by Gasteiger charge is 2.53. The molecule has 1 aliphatic heterocycles. The van der Waals surface area contributed by atoms with Crippen LogP contribution in [0.4, 0.5) is 10.5 Å². The molecule has 152 valence electrons. The molecule has 0 radical (unpaired) electrons. The Morgan fingerprint density at radius 2 is 1.93 bits per heavy atom. The maximum Gasteiger partial charge on any atom is 0.325 e. The summed E-state index contributed by atoms with van der Waals surface area (Å²) in [6, 6.07) is 5.23. The zero-order chi connectivity index (χ0) is 20.7. The van der Waals surface area contributed by atoms with Crippen LogP contribution in [0.15, 0.2) is 18.2 Å². The second-order valence-corrected chi connectivity index (χ2v) is 10.3. The molecule has 1 saturated carbocycles. The SMILES string of the molecule is Cc1cc(I)ccc1NC(=O)CN1C(=O)NC2(CCC(C(C)(C)C)CC2)C1=O. The molecule has 0 bridgehead atoms. The number of nitrogens with one attached hydrogen (secondary N) is 2. The average molecular weight is 497 g/mol. The van der Waals surface area contributed by atoms with Gasteiger partial charge in [0.25, 0.3) is 5.91 Å². The van der Waals surface area contributed by atoms with Gasteiger partial charge in [0.1, 0.15) is 12.1 Å². The third-order valence-electron chi connectivity index (χ3n) is 6.07. The van der Waals surface area contributed by atoms with Crippen LogP contribution < -0.4 is 10.6 Å². The monoisotopic (exact) mass is 497 g/mol. The number of rotatable bonds is 3. The van der Waals surface area contributed by atoms with E-state index >= 15 is 0 Å². The number of carbonyl (C=O) groups excluding carboxylic acids is 3. The molecule has 0 unspecified atom stereocenters. The lowest BCUT2D eigenvalue weighted by Crippen LogP contribution is -2.51. The summed E-state index contributed by atoms with van der Waals surface area (Å²) in [7, 11) is 0. The molecule has 2 fully saturated rings. The minimum Gasteiger partial charge on any atom is -0.324 e. The van der Waals surface area contributed by atoms with Crippen molar-refractivity contribution in [2.75, 3.05) is 11.9 Å². The van der Waals surface area contributed by atoms with Crippen LogP contribution in [-0.4, -0.2) is 34.8 Å². The van der Waals surface area contributed by atoms with Gasteiger partial charge in [-0.1, -0.05) is 20.8 Å². The second kappa shape index (κ2) is 7.65. The molecule has 6 nitrogen and oxygen atoms in total. The van der Waals surface area contributed by atoms with Gasteiger partial charge in [-0.15, -0.1) is 0 Å². The number of anilines is 1. The lowest BCUT2D eigenvalue weighted by molar-refractivity contribution is -0.135. The van der Waals surface area contributed by atoms with E-state index in [2.05, 4.69) is 54.0 Å². The van der Waals surface area contributed by atoms with E-state index in [1.807, 2.05) is 25.1 Å². The van der Waals surface area contributed by atoms with E-state index in [-0.39, 0.29) is 23.8 Å². The third-order valence-corrected chi connectivity index (χ3v) is 6.75. The summed E-state index contributed by atoms with van der Waals surface area (Å²) in [5, 5.41) is 5.69. The summed E-state index contributed by atoms with van der Waals surface area (Å²) in [4.78, 5) is 39.0. The smallest absolute Gasteiger partial charge is 0.324 e. The van der Waals surface area contributed by atoms with Crippen molar-refractivity contribution in [1.29, 1.82) is 0 Å². The van der Waals surface area contributed by atoms with Crippen molar-refractivity contribution in [3.8, 4) is 0 Å². The molecular weight excluding hydrogens is 469 g/mol. The van der Waals surface area contributed by atoms with E-state index in [1.54, 1.807) is 0 Å². The fraction of sp³-hybridized carbons (Fsp3) is 0.571. The van der Waals surface area contributed by atoms with Crippen LogP contribution >= 0.6 is 22.6 Å². The topological polar surface area (TPSA) is 78.5 Å². The van der Waals surface area contributed by atoms with Crippen molar-refractivity contribution in [3.63, 3.8) is 0 Å². The van der Waals surface area contributed by atoms with Gasteiger partial charge in [0, 0.05) is 9.26 Å². The van der Waals surface area contributed by atoms with Crippen molar-refractivity contribution in [1.82, 2.24) is 10.2 Å². The van der Waals surface area contributed by atoms with E-state index in [9.17, 15) is 14.4 Å². The zero-order valence-corrected chi connectivity index (χ0v) is 19.1. The molecule has 3 rings (SSSR count). The lowest BCUT2D eigenvalue weighted by atomic mass is 9.67. The predicted molar refractivity (Wildman–Crippen MR) is 117 cm³/mol. The first kappa shape index (κ1) is 21.1. The molecule has 1 spiro atoms. The number of urea groups is 1. The van der Waals surface area contributed by atoms with Gasteiger partial charge in [-0.2, -0.15) is 0 Å². The van der Waals surface area contributed by atoms with Crippen molar-refractivity contribution < 1.29 is 14.4 Å². The van der Waals surface area contributed by atoms with Gasteiger partial charge in [0.05, 0.1) is 0 Å². The van der Waals surface area contributed by atoms with Gasteiger partial charge in [0.2, 0.25) is 5.91 Å². The molecule has 7 heteroatoms. The highest BCUT2D eigenvalue weighted by Crippen LogP contribution is 2.43. The van der Waals surface area contributed by atoms with Gasteiger partial charge in [-0.05, 0) is 90.3 Å². The van der Waals surface area contributed by atoms with Crippen LogP contribution in [0.5, 0.6) is 0 Å². The Bertz CT molecular complexity index is 808. The zero-order valence-electron chi connectivity index (χ0n) is 16.9. The molecule has 1 aromatic carbocycles. The Morgan fingerprint density at radius 1 is 1.29 bits per heavy atom. The van der Waals surface area contributed by atoms with Crippen LogP contribution in [0.2, 0.25) is 0 Å². The highest BCUT2D eigenvalue weighted by atomic mass is 127. The molecule has 28 heavy (non-hydrogen) atoms. The Hall–Kier alpha value is -1.64. The maximum atomic E-state index is 13.0. The number of hydrogen-bond acceptors (Lipinski definition) is 3. The van der Waals surface area contributed by atoms with Crippen LogP contribution in [-0.2, 0) is 9.59 Å². The minimum absolute atomic E-state index is 0.193. The number of nitrogens with zero attached hydrogens (tertiary/aromatic N) is 1. The van der Waals surface area contributed by atoms with Crippen molar-refractivity contribution in [3.05, 3.63) is 27.3 Å². The first-order valence-corrected chi connectivity index (χ1v) is 10.8. The van der Waals surface area contributed by atoms with Crippen molar-refractivity contribution in [2.24, 2.45) is 11.3 Å². The Balaban J connectivity index is 1.65. The number of benzene rings is 1. The molecule has 2 N–H and O–H groups in total. The van der Waals surface area contributed by atoms with Gasteiger partial charge in [-0.25, -0.2) is 4.79 Å². The average Bonchev–Trinajstić information content (AvgIpc) is 2.81. The number of hydrogen-bond donors (Lipinski definition) is 2. The van der Waals surface area contributed by atoms with E-state index in [0.717, 1.165) is 26.9 Å². The van der Waals surface area contributed by atoms with Crippen LogP contribution in [0, 0.1) is 21.8 Å². The molecule has 4 amide bonds. The summed E-state index contributed by atoms with van der Waals surface area (Å²) < 4.78 is 1.08. The van der Waals surface area contributed by atoms with E-state index in [4.69, 9.17) is 0 Å². The fourth-order valence-electron chi connectivity index (χ4n) is 4.24. The van der Waals surface area contributed by atoms with E-state index in [1.165, 1.54) is 0 Å². The maximum absolute atomic E-state index is 13.0. The lowest BCUT2D eigenvalue weighted by Gasteiger charge is -2.40. The molecule has 1 saturated heterocycles. The summed E-state index contributed by atoms with van der Waals surface area (Å²) in [6.07, 6.45) is 3.07. The van der Waals surface area contributed by atoms with E-state index in [0.29, 0.717) is 24.4 Å². The van der Waals surface area contributed by atoms with E-state index < -0.39 is 11.6 Å². The largest absolute Gasteiger partial charge is 0.325 e. The Labute approximate surface area is 179 Å². The number of aryl methyl sites for hydroxylation is 1. The quantitative estimate of drug-likeness (QED) is 0.489. The van der Waals surface area contributed by atoms with Crippen molar-refractivity contribution >= 4 is 46.1 Å². The summed E-state index contributed by atoms with van der Waals surface area (Å²) in [5.74, 6) is -0.100. The molecular formula is C21H28IN3O3. The molecule has 1 aromatic rings. The number of amides is 4. The number of halogens is 1. The first-order chi connectivity index (χ1) is 13.0. The Kier molecular flexibility index (Phi) is 5.76. The molecule has 2 aliphatic rings. The fourth-order valence-corrected chi connectivity index (χ4v) is 4.88. The molecule has 0 atom stereocenters. The highest BCUT2D eigenvalue weighted by molar-refractivity contribution is 14.1. The number of imide groups is 1. The van der Waals surface area contributed by atoms with Gasteiger partial charge in [-0.3, -0.25) is 14.5 Å². The molecule has 0 aromatic heterocycles. The Morgan fingerprint density at radius 3 is 2.50 bits per heavy atom. The van der Waals surface area contributed by atoms with Gasteiger partial charge < -0.3 is 10.6 Å². The van der Waals surface area contributed by atoms with Crippen molar-refractivity contribution in [2.45, 2.75) is 58.9 Å². The summed E-state index contributed by atoms with van der Waals surface area (Å²) in [5.41, 5.74) is 0.989. The van der Waals surface area contributed by atoms with Crippen LogP contribution in [0.25, 0.3) is 0 Å². The van der Waals surface area contributed by atoms with Gasteiger partial charge in [0.15, 0.2) is 0 Å². The van der Waals surface area contributed by atoms with Crippen LogP contribution in [0.3, 0.4) is 0 Å². The minimum atomic E-state index is -0.835. The second-order valence-electron chi connectivity index (χ2n) is 9.05. The molecule has 1 heterocycles. The normalized spacial score (nSPS) is 25.2.